The third kappa shape index (κ3) is 4.51. The average Bonchev–Trinajstić information content (AvgIpc) is 3.23. The highest BCUT2D eigenvalue weighted by molar-refractivity contribution is 8.00. The minimum absolute atomic E-state index is 0.0400. The van der Waals surface area contributed by atoms with Gasteiger partial charge in [-0.05, 0) is 44.0 Å². The van der Waals surface area contributed by atoms with E-state index in [1.807, 2.05) is 37.3 Å². The smallest absolute Gasteiger partial charge is 0.244 e. The SMILES string of the molecule is CC(Sc1ccc(S(=O)(=O)N2CCCC2)cn1)C(=O)N(C)c1ccccc1. The van der Waals surface area contributed by atoms with Crippen molar-refractivity contribution in [1.82, 2.24) is 9.29 Å². The normalized spacial score (nSPS) is 16.2. The molecule has 1 amide bonds. The number of pyridine rings is 1. The minimum Gasteiger partial charge on any atom is -0.315 e. The van der Waals surface area contributed by atoms with Crippen LogP contribution in [0.3, 0.4) is 0 Å². The second kappa shape index (κ2) is 8.41. The summed E-state index contributed by atoms with van der Waals surface area (Å²) in [4.78, 5) is 18.7. The number of anilines is 1. The van der Waals surface area contributed by atoms with Crippen molar-refractivity contribution in [3.05, 3.63) is 48.7 Å². The first-order valence-electron chi connectivity index (χ1n) is 8.85. The Bertz CT molecular complexity index is 880. The number of sulfonamides is 1. The van der Waals surface area contributed by atoms with Crippen molar-refractivity contribution in [2.75, 3.05) is 25.0 Å². The molecular weight excluding hydrogens is 382 g/mol. The van der Waals surface area contributed by atoms with E-state index in [2.05, 4.69) is 4.98 Å². The third-order valence-corrected chi connectivity index (χ3v) is 7.45. The fraction of sp³-hybridized carbons (Fsp3) is 0.368. The van der Waals surface area contributed by atoms with E-state index in [4.69, 9.17) is 0 Å². The Morgan fingerprint density at radius 2 is 1.81 bits per heavy atom. The number of rotatable bonds is 6. The Kier molecular flexibility index (Phi) is 6.18. The molecule has 1 aromatic heterocycles. The molecular formula is C19H23N3O3S2. The fourth-order valence-electron chi connectivity index (χ4n) is 2.95. The largest absolute Gasteiger partial charge is 0.315 e. The van der Waals surface area contributed by atoms with Gasteiger partial charge in [0.05, 0.1) is 10.3 Å². The summed E-state index contributed by atoms with van der Waals surface area (Å²) in [6.45, 7) is 2.95. The molecule has 0 aliphatic carbocycles. The van der Waals surface area contributed by atoms with Crippen LogP contribution in [0.5, 0.6) is 0 Å². The number of hydrogen-bond acceptors (Lipinski definition) is 5. The molecule has 0 radical (unpaired) electrons. The maximum atomic E-state index is 12.6. The first kappa shape index (κ1) is 19.9. The lowest BCUT2D eigenvalue weighted by Crippen LogP contribution is -2.33. The summed E-state index contributed by atoms with van der Waals surface area (Å²) in [7, 11) is -1.72. The molecule has 1 aromatic carbocycles. The highest BCUT2D eigenvalue weighted by Gasteiger charge is 2.27. The predicted molar refractivity (Wildman–Crippen MR) is 107 cm³/mol. The van der Waals surface area contributed by atoms with E-state index in [9.17, 15) is 13.2 Å². The number of nitrogens with zero attached hydrogens (tertiary/aromatic N) is 3. The van der Waals surface area contributed by atoms with Crippen LogP contribution in [0.2, 0.25) is 0 Å². The Balaban J connectivity index is 1.66. The van der Waals surface area contributed by atoms with Crippen molar-refractivity contribution < 1.29 is 13.2 Å². The van der Waals surface area contributed by atoms with Crippen LogP contribution in [0.1, 0.15) is 19.8 Å². The molecule has 0 saturated carbocycles. The van der Waals surface area contributed by atoms with Gasteiger partial charge in [-0.15, -0.1) is 0 Å². The number of carbonyl (C=O) groups is 1. The van der Waals surface area contributed by atoms with Gasteiger partial charge in [0, 0.05) is 32.0 Å². The molecule has 8 heteroatoms. The van der Waals surface area contributed by atoms with E-state index in [-0.39, 0.29) is 16.1 Å². The maximum absolute atomic E-state index is 12.6. The van der Waals surface area contributed by atoms with E-state index in [1.54, 1.807) is 24.1 Å². The number of amides is 1. The molecule has 1 unspecified atom stereocenters. The van der Waals surface area contributed by atoms with Crippen LogP contribution in [0, 0.1) is 0 Å². The summed E-state index contributed by atoms with van der Waals surface area (Å²) in [6, 6.07) is 12.7. The molecule has 3 rings (SSSR count). The van der Waals surface area contributed by atoms with Gasteiger partial charge in [0.15, 0.2) is 0 Å². The minimum atomic E-state index is -3.46. The van der Waals surface area contributed by atoms with Crippen LogP contribution in [0.15, 0.2) is 58.6 Å². The van der Waals surface area contributed by atoms with Crippen molar-refractivity contribution in [2.24, 2.45) is 0 Å². The summed E-state index contributed by atoms with van der Waals surface area (Å²) < 4.78 is 26.6. The van der Waals surface area contributed by atoms with Crippen LogP contribution in [0.4, 0.5) is 5.69 Å². The maximum Gasteiger partial charge on any atom is 0.244 e. The van der Waals surface area contributed by atoms with E-state index >= 15 is 0 Å². The van der Waals surface area contributed by atoms with Gasteiger partial charge in [-0.2, -0.15) is 4.31 Å². The van der Waals surface area contributed by atoms with Crippen LogP contribution >= 0.6 is 11.8 Å². The van der Waals surface area contributed by atoms with Gasteiger partial charge in [-0.1, -0.05) is 30.0 Å². The number of para-hydroxylation sites is 1. The molecule has 1 saturated heterocycles. The molecule has 1 aliphatic rings. The van der Waals surface area contributed by atoms with Gasteiger partial charge >= 0.3 is 0 Å². The molecule has 0 spiro atoms. The van der Waals surface area contributed by atoms with Crippen molar-refractivity contribution >= 4 is 33.4 Å². The summed E-state index contributed by atoms with van der Waals surface area (Å²) in [5, 5.41) is 0.279. The van der Waals surface area contributed by atoms with Gasteiger partial charge in [0.25, 0.3) is 0 Å². The first-order valence-corrected chi connectivity index (χ1v) is 11.2. The molecule has 1 fully saturated rings. The highest BCUT2D eigenvalue weighted by Crippen LogP contribution is 2.26. The van der Waals surface area contributed by atoms with Crippen molar-refractivity contribution in [3.63, 3.8) is 0 Å². The summed E-state index contributed by atoms with van der Waals surface area (Å²) in [5.74, 6) is -0.0400. The van der Waals surface area contributed by atoms with Gasteiger partial charge in [-0.25, -0.2) is 13.4 Å². The molecule has 6 nitrogen and oxygen atoms in total. The van der Waals surface area contributed by atoms with E-state index < -0.39 is 10.0 Å². The number of benzene rings is 1. The number of thioether (sulfide) groups is 1. The zero-order valence-electron chi connectivity index (χ0n) is 15.4. The lowest BCUT2D eigenvalue weighted by atomic mass is 10.3. The Labute approximate surface area is 164 Å². The molecule has 144 valence electrons. The first-order chi connectivity index (χ1) is 12.9. The van der Waals surface area contributed by atoms with E-state index in [0.717, 1.165) is 18.5 Å². The Morgan fingerprint density at radius 3 is 2.41 bits per heavy atom. The second-order valence-electron chi connectivity index (χ2n) is 6.44. The van der Waals surface area contributed by atoms with E-state index in [1.165, 1.54) is 22.3 Å². The second-order valence-corrected chi connectivity index (χ2v) is 9.74. The molecule has 2 heterocycles. The van der Waals surface area contributed by atoms with Gasteiger partial charge in [0.1, 0.15) is 4.90 Å². The molecule has 0 N–H and O–H groups in total. The lowest BCUT2D eigenvalue weighted by Gasteiger charge is -2.21. The topological polar surface area (TPSA) is 70.6 Å². The summed E-state index contributed by atoms with van der Waals surface area (Å²) >= 11 is 1.32. The number of carbonyl (C=O) groups excluding carboxylic acids is 1. The van der Waals surface area contributed by atoms with Crippen LogP contribution in [-0.2, 0) is 14.8 Å². The zero-order chi connectivity index (χ0) is 19.4. The molecule has 1 atom stereocenters. The quantitative estimate of drug-likeness (QED) is 0.691. The lowest BCUT2D eigenvalue weighted by molar-refractivity contribution is -0.117. The fourth-order valence-corrected chi connectivity index (χ4v) is 5.29. The third-order valence-electron chi connectivity index (χ3n) is 4.53. The van der Waals surface area contributed by atoms with Crippen LogP contribution < -0.4 is 4.90 Å². The highest BCUT2D eigenvalue weighted by atomic mass is 32.2. The molecule has 0 bridgehead atoms. The Morgan fingerprint density at radius 1 is 1.15 bits per heavy atom. The summed E-state index contributed by atoms with van der Waals surface area (Å²) in [5.41, 5.74) is 0.829. The average molecular weight is 406 g/mol. The molecule has 1 aliphatic heterocycles. The van der Waals surface area contributed by atoms with Gasteiger partial charge in [-0.3, -0.25) is 4.79 Å². The molecule has 27 heavy (non-hydrogen) atoms. The van der Waals surface area contributed by atoms with E-state index in [0.29, 0.717) is 18.1 Å². The zero-order valence-corrected chi connectivity index (χ0v) is 17.0. The monoisotopic (exact) mass is 405 g/mol. The van der Waals surface area contributed by atoms with Crippen molar-refractivity contribution in [2.45, 2.75) is 34.9 Å². The summed E-state index contributed by atoms with van der Waals surface area (Å²) in [6.07, 6.45) is 3.18. The van der Waals surface area contributed by atoms with Crippen LogP contribution in [-0.4, -0.2) is 49.0 Å². The number of aromatic nitrogens is 1. The van der Waals surface area contributed by atoms with Crippen molar-refractivity contribution in [1.29, 1.82) is 0 Å². The Hall–Kier alpha value is -1.90. The number of hydrogen-bond donors (Lipinski definition) is 0. The standard InChI is InChI=1S/C19H23N3O3S2/c1-15(19(23)21(2)16-8-4-3-5-9-16)26-18-11-10-17(14-20-18)27(24,25)22-12-6-7-13-22/h3-5,8-11,14-15H,6-7,12-13H2,1-2H3. The predicted octanol–water partition coefficient (Wildman–Crippen LogP) is 3.01. The molecule has 2 aromatic rings. The van der Waals surface area contributed by atoms with Crippen LogP contribution in [0.25, 0.3) is 0 Å². The van der Waals surface area contributed by atoms with Crippen molar-refractivity contribution in [3.8, 4) is 0 Å². The van der Waals surface area contributed by atoms with Gasteiger partial charge < -0.3 is 4.90 Å². The van der Waals surface area contributed by atoms with Gasteiger partial charge in [0.2, 0.25) is 15.9 Å².